The Labute approximate surface area is 177 Å². The summed E-state index contributed by atoms with van der Waals surface area (Å²) in [6.45, 7) is 4.74. The van der Waals surface area contributed by atoms with E-state index in [0.717, 1.165) is 28.6 Å². The molecule has 1 amide bonds. The zero-order chi connectivity index (χ0) is 21.3. The number of hydrogen-bond donors (Lipinski definition) is 4. The highest BCUT2D eigenvalue weighted by atomic mass is 32.1. The molecule has 3 atom stereocenters. The van der Waals surface area contributed by atoms with Crippen molar-refractivity contribution in [2.75, 3.05) is 11.9 Å². The number of carboxylic acid groups (broad SMARTS) is 1. The third-order valence-corrected chi connectivity index (χ3v) is 6.60. The molecule has 0 saturated carbocycles. The van der Waals surface area contributed by atoms with Gasteiger partial charge in [0.25, 0.3) is 5.91 Å². The third-order valence-electron chi connectivity index (χ3n) is 5.31. The second kappa shape index (κ2) is 8.23. The van der Waals surface area contributed by atoms with Crippen molar-refractivity contribution in [2.24, 2.45) is 0 Å². The number of anilines is 1. The molecule has 10 heteroatoms. The monoisotopic (exact) mass is 426 g/mol. The van der Waals surface area contributed by atoms with Gasteiger partial charge in [0.1, 0.15) is 17.7 Å². The number of hydrogen-bond acceptors (Lipinski definition) is 7. The number of carboxylic acids is 1. The highest BCUT2D eigenvalue weighted by molar-refractivity contribution is 7.14. The van der Waals surface area contributed by atoms with Crippen molar-refractivity contribution in [2.45, 2.75) is 38.1 Å². The van der Waals surface area contributed by atoms with Crippen molar-refractivity contribution >= 4 is 29.0 Å². The molecular formula is C20H22N6O3S. The first-order valence-corrected chi connectivity index (χ1v) is 10.4. The number of rotatable bonds is 7. The highest BCUT2D eigenvalue weighted by Gasteiger charge is 2.31. The van der Waals surface area contributed by atoms with Crippen molar-refractivity contribution in [3.8, 4) is 0 Å². The Balaban J connectivity index is 1.46. The van der Waals surface area contributed by atoms with Crippen molar-refractivity contribution in [3.05, 3.63) is 57.7 Å². The van der Waals surface area contributed by atoms with Gasteiger partial charge in [0.2, 0.25) is 0 Å². The zero-order valence-electron chi connectivity index (χ0n) is 16.5. The number of nitrogens with zero attached hydrogens (tertiary/aromatic N) is 3. The van der Waals surface area contributed by atoms with Crippen molar-refractivity contribution < 1.29 is 14.7 Å². The lowest BCUT2D eigenvalue weighted by Crippen LogP contribution is -2.42. The number of nitrogens with one attached hydrogen (secondary N) is 3. The van der Waals surface area contributed by atoms with Crippen LogP contribution in [-0.2, 0) is 11.2 Å². The van der Waals surface area contributed by atoms with Crippen molar-refractivity contribution in [3.63, 3.8) is 0 Å². The van der Waals surface area contributed by atoms with Crippen molar-refractivity contribution in [1.82, 2.24) is 25.3 Å². The van der Waals surface area contributed by atoms with Gasteiger partial charge in [-0.3, -0.25) is 4.79 Å². The number of aromatic amines is 1. The number of aryl methyl sites for hydroxylation is 1. The summed E-state index contributed by atoms with van der Waals surface area (Å²) in [4.78, 5) is 41.3. The van der Waals surface area contributed by atoms with Crippen LogP contribution < -0.4 is 10.6 Å². The van der Waals surface area contributed by atoms with Crippen LogP contribution in [0.3, 0.4) is 0 Å². The lowest BCUT2D eigenvalue weighted by Gasteiger charge is -2.17. The SMILES string of the molecule is Cc1ncc2c(n1)NCC2C(C)c1ccc(C(=O)N[C@@H](Cc2cnc[nH]2)C(=O)O)s1. The number of carbonyl (C=O) groups excluding carboxylic acids is 1. The van der Waals surface area contributed by atoms with E-state index in [2.05, 4.69) is 37.5 Å². The number of imidazole rings is 1. The summed E-state index contributed by atoms with van der Waals surface area (Å²) in [7, 11) is 0. The first kappa shape index (κ1) is 20.0. The molecule has 3 aromatic rings. The topological polar surface area (TPSA) is 133 Å². The van der Waals surface area contributed by atoms with Crippen LogP contribution in [0.25, 0.3) is 0 Å². The van der Waals surface area contributed by atoms with Crippen LogP contribution in [0.2, 0.25) is 0 Å². The molecule has 156 valence electrons. The Kier molecular flexibility index (Phi) is 5.49. The molecule has 1 aliphatic rings. The normalized spacial score (nSPS) is 17.1. The van der Waals surface area contributed by atoms with Gasteiger partial charge in [-0.25, -0.2) is 19.7 Å². The van der Waals surface area contributed by atoms with E-state index in [1.165, 1.54) is 17.7 Å². The van der Waals surface area contributed by atoms with Gasteiger partial charge in [0.05, 0.1) is 11.2 Å². The molecule has 9 nitrogen and oxygen atoms in total. The third kappa shape index (κ3) is 4.04. The molecule has 4 rings (SSSR count). The van der Waals surface area contributed by atoms with Crippen LogP contribution >= 0.6 is 11.3 Å². The molecule has 0 bridgehead atoms. The number of carbonyl (C=O) groups is 2. The largest absolute Gasteiger partial charge is 0.480 e. The van der Waals surface area contributed by atoms with Crippen LogP contribution in [0.5, 0.6) is 0 Å². The number of thiophene rings is 1. The second-order valence-electron chi connectivity index (χ2n) is 7.34. The maximum Gasteiger partial charge on any atom is 0.326 e. The van der Waals surface area contributed by atoms with E-state index in [0.29, 0.717) is 10.6 Å². The summed E-state index contributed by atoms with van der Waals surface area (Å²) in [5.41, 5.74) is 1.73. The molecular weight excluding hydrogens is 404 g/mol. The standard InChI is InChI=1S/C20H22N6O3S/c1-10(13-7-23-18-14(13)8-22-11(2)25-18)16-3-4-17(30-16)19(27)26-15(20(28)29)5-12-6-21-9-24-12/h3-4,6,8-10,13,15H,5,7H2,1-2H3,(H,21,24)(H,26,27)(H,28,29)(H,22,23,25)/t10?,13?,15-/m0/s1. The van der Waals surface area contributed by atoms with Gasteiger partial charge in [-0.05, 0) is 25.0 Å². The molecule has 0 fully saturated rings. The summed E-state index contributed by atoms with van der Waals surface area (Å²) in [6, 6.07) is 2.64. The lowest BCUT2D eigenvalue weighted by molar-refractivity contribution is -0.139. The predicted octanol–water partition coefficient (Wildman–Crippen LogP) is 2.31. The van der Waals surface area contributed by atoms with E-state index in [1.54, 1.807) is 12.3 Å². The Morgan fingerprint density at radius 2 is 2.20 bits per heavy atom. The number of H-pyrrole nitrogens is 1. The maximum atomic E-state index is 12.7. The summed E-state index contributed by atoms with van der Waals surface area (Å²) < 4.78 is 0. The molecule has 2 unspecified atom stereocenters. The van der Waals surface area contributed by atoms with Crippen LogP contribution in [0.4, 0.5) is 5.82 Å². The predicted molar refractivity (Wildman–Crippen MR) is 112 cm³/mol. The van der Waals surface area contributed by atoms with Crippen LogP contribution in [0, 0.1) is 6.92 Å². The van der Waals surface area contributed by atoms with Crippen LogP contribution in [-0.4, -0.2) is 49.5 Å². The summed E-state index contributed by atoms with van der Waals surface area (Å²) in [5, 5.41) is 15.4. The smallest absolute Gasteiger partial charge is 0.326 e. The average Bonchev–Trinajstić information content (AvgIpc) is 3.46. The van der Waals surface area contributed by atoms with Crippen molar-refractivity contribution in [1.29, 1.82) is 0 Å². The second-order valence-corrected chi connectivity index (χ2v) is 8.46. The Morgan fingerprint density at radius 1 is 1.37 bits per heavy atom. The summed E-state index contributed by atoms with van der Waals surface area (Å²) in [5.74, 6) is 0.491. The Morgan fingerprint density at radius 3 is 2.93 bits per heavy atom. The minimum absolute atomic E-state index is 0.139. The minimum atomic E-state index is -1.09. The fourth-order valence-electron chi connectivity index (χ4n) is 3.62. The lowest BCUT2D eigenvalue weighted by atomic mass is 9.89. The van der Waals surface area contributed by atoms with Crippen LogP contribution in [0.15, 0.2) is 30.9 Å². The quantitative estimate of drug-likeness (QED) is 0.456. The minimum Gasteiger partial charge on any atom is -0.480 e. The first-order chi connectivity index (χ1) is 14.4. The van der Waals surface area contributed by atoms with Gasteiger partial charge in [-0.2, -0.15) is 0 Å². The first-order valence-electron chi connectivity index (χ1n) is 9.60. The zero-order valence-corrected chi connectivity index (χ0v) is 17.4. The van der Waals surface area contributed by atoms with Gasteiger partial charge < -0.3 is 20.7 Å². The molecule has 0 aromatic carbocycles. The van der Waals surface area contributed by atoms with E-state index in [9.17, 15) is 14.7 Å². The van der Waals surface area contributed by atoms with Gasteiger partial charge >= 0.3 is 5.97 Å². The van der Waals surface area contributed by atoms with Gasteiger partial charge in [-0.1, -0.05) is 6.92 Å². The molecule has 30 heavy (non-hydrogen) atoms. The highest BCUT2D eigenvalue weighted by Crippen LogP contribution is 2.41. The fourth-order valence-corrected chi connectivity index (χ4v) is 4.65. The molecule has 3 aromatic heterocycles. The van der Waals surface area contributed by atoms with Gasteiger partial charge in [-0.15, -0.1) is 11.3 Å². The fraction of sp³-hybridized carbons (Fsp3) is 0.350. The van der Waals surface area contributed by atoms with E-state index < -0.39 is 17.9 Å². The van der Waals surface area contributed by atoms with Gasteiger partial charge in [0, 0.05) is 47.4 Å². The van der Waals surface area contributed by atoms with E-state index in [1.807, 2.05) is 19.2 Å². The molecule has 4 heterocycles. The van der Waals surface area contributed by atoms with E-state index >= 15 is 0 Å². The number of fused-ring (bicyclic) bond motifs is 1. The average molecular weight is 427 g/mol. The molecule has 0 aliphatic carbocycles. The van der Waals surface area contributed by atoms with Gasteiger partial charge in [0.15, 0.2) is 0 Å². The number of aromatic nitrogens is 4. The number of aliphatic carboxylic acids is 1. The van der Waals surface area contributed by atoms with Crippen LogP contribution in [0.1, 0.15) is 50.4 Å². The Hall–Kier alpha value is -3.27. The van der Waals surface area contributed by atoms with E-state index in [4.69, 9.17) is 0 Å². The molecule has 0 radical (unpaired) electrons. The maximum absolute atomic E-state index is 12.7. The summed E-state index contributed by atoms with van der Waals surface area (Å²) >= 11 is 1.38. The molecule has 1 aliphatic heterocycles. The molecule has 0 saturated heterocycles. The molecule has 0 spiro atoms. The molecule has 4 N–H and O–H groups in total. The van der Waals surface area contributed by atoms with E-state index in [-0.39, 0.29) is 18.3 Å². The Bertz CT molecular complexity index is 1060. The number of amides is 1. The summed E-state index contributed by atoms with van der Waals surface area (Å²) in [6.07, 6.45) is 5.03.